The summed E-state index contributed by atoms with van der Waals surface area (Å²) in [5.74, 6) is 0.273. The molecule has 0 aliphatic heterocycles. The van der Waals surface area contributed by atoms with Crippen molar-refractivity contribution in [2.24, 2.45) is 5.92 Å². The third-order valence-corrected chi connectivity index (χ3v) is 3.28. The van der Waals surface area contributed by atoms with E-state index in [-0.39, 0.29) is 11.7 Å². The molecule has 1 nitrogen and oxygen atoms in total. The summed E-state index contributed by atoms with van der Waals surface area (Å²) in [7, 11) is 0. The van der Waals surface area contributed by atoms with Gasteiger partial charge in [-0.05, 0) is 43.4 Å². The van der Waals surface area contributed by atoms with E-state index in [1.165, 1.54) is 6.07 Å². The number of hydrogen-bond acceptors (Lipinski definition) is 1. The first-order chi connectivity index (χ1) is 6.60. The van der Waals surface area contributed by atoms with Gasteiger partial charge in [-0.25, -0.2) is 4.39 Å². The van der Waals surface area contributed by atoms with Crippen LogP contribution in [0.1, 0.15) is 31.7 Å². The molecule has 1 aromatic rings. The zero-order valence-corrected chi connectivity index (χ0v) is 8.33. The van der Waals surface area contributed by atoms with Crippen LogP contribution >= 0.6 is 0 Å². The molecule has 0 amide bonds. The maximum Gasteiger partial charge on any atom is 0.136 e. The molecule has 1 fully saturated rings. The number of halogens is 1. The Balaban J connectivity index is 2.28. The fourth-order valence-electron chi connectivity index (χ4n) is 2.00. The lowest BCUT2D eigenvalue weighted by Gasteiger charge is -2.37. The van der Waals surface area contributed by atoms with Gasteiger partial charge in [0.2, 0.25) is 0 Å². The summed E-state index contributed by atoms with van der Waals surface area (Å²) in [5, 5.41) is 9.28. The predicted molar refractivity (Wildman–Crippen MR) is 53.9 cm³/mol. The van der Waals surface area contributed by atoms with Crippen LogP contribution in [-0.2, 0) is 5.67 Å². The van der Waals surface area contributed by atoms with Crippen molar-refractivity contribution < 1.29 is 9.50 Å². The number of phenolic OH excluding ortho intramolecular Hbond substituents is 1. The summed E-state index contributed by atoms with van der Waals surface area (Å²) in [4.78, 5) is 0. The maximum atomic E-state index is 14.3. The van der Waals surface area contributed by atoms with Crippen molar-refractivity contribution in [3.8, 4) is 5.75 Å². The van der Waals surface area contributed by atoms with Crippen LogP contribution in [-0.4, -0.2) is 5.11 Å². The average molecular weight is 194 g/mol. The molecule has 2 rings (SSSR count). The number of benzene rings is 1. The highest BCUT2D eigenvalue weighted by atomic mass is 19.1. The number of phenols is 1. The molecular formula is C12H15FO. The standard InChI is InChI=1S/C12H15FO/c1-12(13,9-4-2-5-9)10-6-3-7-11(14)8-10/h3,6-9,14H,2,4-5H2,1H3. The molecule has 14 heavy (non-hydrogen) atoms. The molecule has 0 aromatic heterocycles. The second-order valence-electron chi connectivity index (χ2n) is 4.25. The van der Waals surface area contributed by atoms with Crippen LogP contribution in [0.2, 0.25) is 0 Å². The lowest BCUT2D eigenvalue weighted by atomic mass is 9.72. The summed E-state index contributed by atoms with van der Waals surface area (Å²) in [6.07, 6.45) is 3.05. The molecule has 1 unspecified atom stereocenters. The fraction of sp³-hybridized carbons (Fsp3) is 0.500. The number of aromatic hydroxyl groups is 1. The zero-order valence-electron chi connectivity index (χ0n) is 8.33. The van der Waals surface area contributed by atoms with Crippen LogP contribution in [0.25, 0.3) is 0 Å². The molecule has 0 heterocycles. The van der Waals surface area contributed by atoms with Crippen LogP contribution in [0.4, 0.5) is 4.39 Å². The second kappa shape index (κ2) is 3.26. The van der Waals surface area contributed by atoms with Crippen LogP contribution in [0.3, 0.4) is 0 Å². The summed E-state index contributed by atoms with van der Waals surface area (Å²) in [6.45, 7) is 1.62. The fourth-order valence-corrected chi connectivity index (χ4v) is 2.00. The average Bonchev–Trinajstić information content (AvgIpc) is 2.00. The molecule has 0 radical (unpaired) electrons. The topological polar surface area (TPSA) is 20.2 Å². The summed E-state index contributed by atoms with van der Waals surface area (Å²) < 4.78 is 14.3. The summed E-state index contributed by atoms with van der Waals surface area (Å²) in [5.41, 5.74) is -0.682. The molecule has 1 aliphatic carbocycles. The Bertz CT molecular complexity index is 329. The van der Waals surface area contributed by atoms with E-state index in [2.05, 4.69) is 0 Å². The smallest absolute Gasteiger partial charge is 0.136 e. The summed E-state index contributed by atoms with van der Waals surface area (Å²) >= 11 is 0. The molecule has 0 bridgehead atoms. The van der Waals surface area contributed by atoms with Crippen LogP contribution in [0, 0.1) is 5.92 Å². The molecular weight excluding hydrogens is 179 g/mol. The number of alkyl halides is 1. The minimum atomic E-state index is -1.28. The zero-order chi connectivity index (χ0) is 10.2. The highest BCUT2D eigenvalue weighted by molar-refractivity contribution is 5.31. The van der Waals surface area contributed by atoms with E-state index in [4.69, 9.17) is 0 Å². The van der Waals surface area contributed by atoms with Crippen molar-refractivity contribution in [3.05, 3.63) is 29.8 Å². The first kappa shape index (κ1) is 9.50. The third kappa shape index (κ3) is 1.49. The Labute approximate surface area is 83.6 Å². The SMILES string of the molecule is CC(F)(c1cccc(O)c1)C1CCC1. The van der Waals surface area contributed by atoms with E-state index in [9.17, 15) is 9.50 Å². The van der Waals surface area contributed by atoms with Crippen molar-refractivity contribution in [1.29, 1.82) is 0 Å². The van der Waals surface area contributed by atoms with Gasteiger partial charge in [-0.1, -0.05) is 18.6 Å². The minimum absolute atomic E-state index is 0.129. The lowest BCUT2D eigenvalue weighted by Crippen LogP contribution is -2.32. The van der Waals surface area contributed by atoms with Crippen molar-refractivity contribution in [3.63, 3.8) is 0 Å². The highest BCUT2D eigenvalue weighted by Crippen LogP contribution is 2.45. The monoisotopic (exact) mass is 194 g/mol. The van der Waals surface area contributed by atoms with Gasteiger partial charge in [-0.2, -0.15) is 0 Å². The molecule has 1 aliphatic rings. The van der Waals surface area contributed by atoms with Gasteiger partial charge in [0.1, 0.15) is 11.4 Å². The van der Waals surface area contributed by atoms with Gasteiger partial charge in [0, 0.05) is 0 Å². The van der Waals surface area contributed by atoms with E-state index in [1.807, 2.05) is 0 Å². The lowest BCUT2D eigenvalue weighted by molar-refractivity contribution is 0.0461. The van der Waals surface area contributed by atoms with Crippen molar-refractivity contribution in [2.45, 2.75) is 31.9 Å². The molecule has 0 saturated heterocycles. The van der Waals surface area contributed by atoms with E-state index in [0.717, 1.165) is 19.3 Å². The van der Waals surface area contributed by atoms with Gasteiger partial charge in [0.25, 0.3) is 0 Å². The van der Waals surface area contributed by atoms with Crippen molar-refractivity contribution in [2.75, 3.05) is 0 Å². The molecule has 1 aromatic carbocycles. The molecule has 2 heteroatoms. The second-order valence-corrected chi connectivity index (χ2v) is 4.25. The van der Waals surface area contributed by atoms with Crippen molar-refractivity contribution >= 4 is 0 Å². The largest absolute Gasteiger partial charge is 0.508 e. The van der Waals surface area contributed by atoms with Crippen LogP contribution in [0.15, 0.2) is 24.3 Å². The Hall–Kier alpha value is -1.05. The van der Waals surface area contributed by atoms with E-state index in [1.54, 1.807) is 25.1 Å². The Kier molecular flexibility index (Phi) is 2.22. The van der Waals surface area contributed by atoms with E-state index >= 15 is 0 Å². The summed E-state index contributed by atoms with van der Waals surface area (Å²) in [6, 6.07) is 6.54. The maximum absolute atomic E-state index is 14.3. The molecule has 1 atom stereocenters. The quantitative estimate of drug-likeness (QED) is 0.765. The van der Waals surface area contributed by atoms with Crippen LogP contribution in [0.5, 0.6) is 5.75 Å². The predicted octanol–water partition coefficient (Wildman–Crippen LogP) is 3.38. The molecule has 76 valence electrons. The number of hydrogen-bond donors (Lipinski definition) is 1. The highest BCUT2D eigenvalue weighted by Gasteiger charge is 2.39. The van der Waals surface area contributed by atoms with Crippen LogP contribution < -0.4 is 0 Å². The Morgan fingerprint density at radius 2 is 2.14 bits per heavy atom. The number of rotatable bonds is 2. The molecule has 1 N–H and O–H groups in total. The third-order valence-electron chi connectivity index (χ3n) is 3.28. The molecule has 0 spiro atoms. The Morgan fingerprint density at radius 1 is 1.43 bits per heavy atom. The molecule has 1 saturated carbocycles. The Morgan fingerprint density at radius 3 is 2.64 bits per heavy atom. The minimum Gasteiger partial charge on any atom is -0.508 e. The van der Waals surface area contributed by atoms with Crippen molar-refractivity contribution in [1.82, 2.24) is 0 Å². The normalized spacial score (nSPS) is 21.3. The van der Waals surface area contributed by atoms with Gasteiger partial charge < -0.3 is 5.11 Å². The van der Waals surface area contributed by atoms with Gasteiger partial charge >= 0.3 is 0 Å². The van der Waals surface area contributed by atoms with E-state index in [0.29, 0.717) is 5.56 Å². The first-order valence-electron chi connectivity index (χ1n) is 5.09. The van der Waals surface area contributed by atoms with Gasteiger partial charge in [0.05, 0.1) is 0 Å². The van der Waals surface area contributed by atoms with Gasteiger partial charge in [-0.15, -0.1) is 0 Å². The van der Waals surface area contributed by atoms with Gasteiger partial charge in [-0.3, -0.25) is 0 Å². The van der Waals surface area contributed by atoms with Gasteiger partial charge in [0.15, 0.2) is 0 Å². The van der Waals surface area contributed by atoms with E-state index < -0.39 is 5.67 Å². The first-order valence-corrected chi connectivity index (χ1v) is 5.09.